The number of rotatable bonds is 3. The minimum absolute atomic E-state index is 0.0577. The molecule has 2 aromatic rings. The molecule has 0 aromatic heterocycles. The van der Waals surface area contributed by atoms with E-state index in [9.17, 15) is 13.2 Å². The standard InChI is InChI=1S/C19H17BrN2O4S2/c1-26-15-8-6-14(7-9-15)22-16-10-28(24,25)11-17(16)27-19(22)21-18(23)12-2-4-13(20)5-3-12/h2-9,16-17H,10-11H2,1H3/t16-,17-/m0/s1. The number of sulfone groups is 1. The molecule has 2 atom stereocenters. The van der Waals surface area contributed by atoms with Crippen molar-refractivity contribution in [3.63, 3.8) is 0 Å². The molecule has 0 spiro atoms. The Labute approximate surface area is 176 Å². The summed E-state index contributed by atoms with van der Waals surface area (Å²) < 4.78 is 30.3. The third-order valence-corrected chi connectivity index (χ3v) is 8.44. The summed E-state index contributed by atoms with van der Waals surface area (Å²) in [5.74, 6) is 0.509. The van der Waals surface area contributed by atoms with Crippen molar-refractivity contribution in [2.75, 3.05) is 23.5 Å². The maximum Gasteiger partial charge on any atom is 0.279 e. The number of amidine groups is 1. The Bertz CT molecular complexity index is 1040. The van der Waals surface area contributed by atoms with Crippen molar-refractivity contribution in [3.05, 3.63) is 58.6 Å². The molecular weight excluding hydrogens is 464 g/mol. The minimum atomic E-state index is -3.10. The highest BCUT2D eigenvalue weighted by atomic mass is 79.9. The van der Waals surface area contributed by atoms with Gasteiger partial charge in [0.15, 0.2) is 15.0 Å². The highest BCUT2D eigenvalue weighted by Crippen LogP contribution is 2.41. The van der Waals surface area contributed by atoms with E-state index in [1.54, 1.807) is 31.4 Å². The van der Waals surface area contributed by atoms with Crippen molar-refractivity contribution in [2.24, 2.45) is 4.99 Å². The fraction of sp³-hybridized carbons (Fsp3) is 0.263. The van der Waals surface area contributed by atoms with Crippen LogP contribution in [0.25, 0.3) is 0 Å². The SMILES string of the molecule is COc1ccc(N2C(=NC(=O)c3ccc(Br)cc3)S[C@H]3CS(=O)(=O)C[C@@H]32)cc1. The van der Waals surface area contributed by atoms with E-state index in [1.165, 1.54) is 11.8 Å². The van der Waals surface area contributed by atoms with E-state index >= 15 is 0 Å². The molecule has 0 radical (unpaired) electrons. The first-order valence-electron chi connectivity index (χ1n) is 8.55. The fourth-order valence-electron chi connectivity index (χ4n) is 3.35. The van der Waals surface area contributed by atoms with Crippen LogP contribution in [0.1, 0.15) is 10.4 Å². The normalized spacial score (nSPS) is 24.4. The van der Waals surface area contributed by atoms with Gasteiger partial charge in [0, 0.05) is 21.0 Å². The number of carbonyl (C=O) groups is 1. The minimum Gasteiger partial charge on any atom is -0.497 e. The van der Waals surface area contributed by atoms with Crippen molar-refractivity contribution in [1.29, 1.82) is 0 Å². The van der Waals surface area contributed by atoms with Gasteiger partial charge in [-0.05, 0) is 48.5 Å². The van der Waals surface area contributed by atoms with Crippen LogP contribution in [0.2, 0.25) is 0 Å². The predicted octanol–water partition coefficient (Wildman–Crippen LogP) is 3.37. The highest BCUT2D eigenvalue weighted by molar-refractivity contribution is 9.10. The first kappa shape index (κ1) is 19.5. The summed E-state index contributed by atoms with van der Waals surface area (Å²) in [5, 5.41) is 0.395. The molecule has 0 N–H and O–H groups in total. The summed E-state index contributed by atoms with van der Waals surface area (Å²) in [6, 6.07) is 14.1. The van der Waals surface area contributed by atoms with E-state index in [4.69, 9.17) is 4.74 Å². The van der Waals surface area contributed by atoms with Crippen molar-refractivity contribution >= 4 is 54.3 Å². The van der Waals surface area contributed by atoms with E-state index in [0.717, 1.165) is 10.2 Å². The molecule has 4 rings (SSSR count). The number of nitrogens with zero attached hydrogens (tertiary/aromatic N) is 2. The zero-order chi connectivity index (χ0) is 19.9. The Balaban J connectivity index is 1.70. The van der Waals surface area contributed by atoms with Gasteiger partial charge in [-0.2, -0.15) is 4.99 Å². The molecule has 0 unspecified atom stereocenters. The highest BCUT2D eigenvalue weighted by Gasteiger charge is 2.49. The molecule has 2 saturated heterocycles. The molecule has 9 heteroatoms. The van der Waals surface area contributed by atoms with E-state index < -0.39 is 9.84 Å². The lowest BCUT2D eigenvalue weighted by Gasteiger charge is -2.24. The molecule has 2 heterocycles. The lowest BCUT2D eigenvalue weighted by Crippen LogP contribution is -2.37. The molecule has 6 nitrogen and oxygen atoms in total. The number of aliphatic imine (C=N–C) groups is 1. The van der Waals surface area contributed by atoms with Crippen LogP contribution in [0.4, 0.5) is 5.69 Å². The summed E-state index contributed by atoms with van der Waals surface area (Å²) >= 11 is 4.71. The van der Waals surface area contributed by atoms with E-state index in [-0.39, 0.29) is 28.7 Å². The molecule has 2 aliphatic heterocycles. The van der Waals surface area contributed by atoms with Crippen LogP contribution in [0.15, 0.2) is 58.0 Å². The molecule has 2 aliphatic rings. The van der Waals surface area contributed by atoms with Gasteiger partial charge in [0.1, 0.15) is 5.75 Å². The third-order valence-electron chi connectivity index (χ3n) is 4.71. The Hall–Kier alpha value is -1.84. The van der Waals surface area contributed by atoms with Gasteiger partial charge in [-0.3, -0.25) is 4.79 Å². The second kappa shape index (κ2) is 7.53. The van der Waals surface area contributed by atoms with Crippen molar-refractivity contribution < 1.29 is 17.9 Å². The zero-order valence-electron chi connectivity index (χ0n) is 14.9. The largest absolute Gasteiger partial charge is 0.497 e. The van der Waals surface area contributed by atoms with Gasteiger partial charge in [-0.15, -0.1) is 0 Å². The number of ether oxygens (including phenoxy) is 1. The van der Waals surface area contributed by atoms with Gasteiger partial charge in [0.25, 0.3) is 5.91 Å². The number of thioether (sulfide) groups is 1. The van der Waals surface area contributed by atoms with Crippen LogP contribution >= 0.6 is 27.7 Å². The van der Waals surface area contributed by atoms with Crippen LogP contribution in [0.3, 0.4) is 0 Å². The second-order valence-corrected chi connectivity index (χ2v) is 10.9. The zero-order valence-corrected chi connectivity index (χ0v) is 18.1. The van der Waals surface area contributed by atoms with Gasteiger partial charge in [-0.25, -0.2) is 8.42 Å². The van der Waals surface area contributed by atoms with Crippen molar-refractivity contribution in [2.45, 2.75) is 11.3 Å². The first-order chi connectivity index (χ1) is 13.4. The summed E-state index contributed by atoms with van der Waals surface area (Å²) in [4.78, 5) is 18.9. The Morgan fingerprint density at radius 1 is 1.14 bits per heavy atom. The van der Waals surface area contributed by atoms with E-state index in [0.29, 0.717) is 16.5 Å². The second-order valence-electron chi connectivity index (χ2n) is 6.58. The Kier molecular flexibility index (Phi) is 5.24. The topological polar surface area (TPSA) is 76.0 Å². The van der Waals surface area contributed by atoms with Crippen LogP contribution < -0.4 is 9.64 Å². The third kappa shape index (κ3) is 3.83. The number of carbonyl (C=O) groups excluding carboxylic acids is 1. The quantitative estimate of drug-likeness (QED) is 0.669. The maximum absolute atomic E-state index is 12.7. The van der Waals surface area contributed by atoms with Crippen LogP contribution in [0, 0.1) is 0 Å². The molecule has 146 valence electrons. The molecule has 28 heavy (non-hydrogen) atoms. The number of hydrogen-bond acceptors (Lipinski definition) is 5. The molecule has 0 bridgehead atoms. The Morgan fingerprint density at radius 2 is 1.82 bits per heavy atom. The molecule has 2 fully saturated rings. The number of anilines is 1. The number of amides is 1. The van der Waals surface area contributed by atoms with Gasteiger partial charge >= 0.3 is 0 Å². The number of hydrogen-bond donors (Lipinski definition) is 0. The summed E-state index contributed by atoms with van der Waals surface area (Å²) in [7, 11) is -1.51. The fourth-order valence-corrected chi connectivity index (χ4v) is 7.53. The van der Waals surface area contributed by atoms with Crippen LogP contribution in [-0.2, 0) is 9.84 Å². The van der Waals surface area contributed by atoms with Gasteiger partial charge in [0.05, 0.1) is 24.7 Å². The number of fused-ring (bicyclic) bond motifs is 1. The smallest absolute Gasteiger partial charge is 0.279 e. The van der Waals surface area contributed by atoms with Gasteiger partial charge in [0.2, 0.25) is 0 Å². The Morgan fingerprint density at radius 3 is 2.46 bits per heavy atom. The lowest BCUT2D eigenvalue weighted by atomic mass is 10.2. The van der Waals surface area contributed by atoms with Gasteiger partial charge in [-0.1, -0.05) is 27.7 Å². The van der Waals surface area contributed by atoms with E-state index in [1.807, 2.05) is 29.2 Å². The summed E-state index contributed by atoms with van der Waals surface area (Å²) in [5.41, 5.74) is 1.27. The maximum atomic E-state index is 12.7. The lowest BCUT2D eigenvalue weighted by molar-refractivity contribution is 0.100. The molecular formula is C19H17BrN2O4S2. The number of halogens is 1. The van der Waals surface area contributed by atoms with Crippen LogP contribution in [0.5, 0.6) is 5.75 Å². The van der Waals surface area contributed by atoms with Gasteiger partial charge < -0.3 is 9.64 Å². The predicted molar refractivity (Wildman–Crippen MR) is 115 cm³/mol. The van der Waals surface area contributed by atoms with E-state index in [2.05, 4.69) is 20.9 Å². The average Bonchev–Trinajstić information content (AvgIpc) is 3.13. The van der Waals surface area contributed by atoms with Crippen LogP contribution in [-0.4, -0.2) is 49.4 Å². The summed E-state index contributed by atoms with van der Waals surface area (Å²) in [6.07, 6.45) is 0. The average molecular weight is 481 g/mol. The van der Waals surface area contributed by atoms with Crippen molar-refractivity contribution in [3.8, 4) is 5.75 Å². The summed E-state index contributed by atoms with van der Waals surface area (Å²) in [6.45, 7) is 0. The molecule has 0 saturated carbocycles. The van der Waals surface area contributed by atoms with Crippen molar-refractivity contribution in [1.82, 2.24) is 0 Å². The molecule has 2 aromatic carbocycles. The number of benzene rings is 2. The monoisotopic (exact) mass is 480 g/mol. The first-order valence-corrected chi connectivity index (χ1v) is 12.0. The molecule has 0 aliphatic carbocycles. The molecule has 1 amide bonds. The number of methoxy groups -OCH3 is 1.